The zero-order valence-corrected chi connectivity index (χ0v) is 12.0. The Kier molecular flexibility index (Phi) is 7.07. The molecule has 0 aromatic carbocycles. The largest absolute Gasteiger partial charge is 0.462 e. The van der Waals surface area contributed by atoms with Gasteiger partial charge in [0.25, 0.3) is 0 Å². The van der Waals surface area contributed by atoms with Gasteiger partial charge in [-0.1, -0.05) is 52.0 Å². The first kappa shape index (κ1) is 15.3. The minimum absolute atomic E-state index is 0.254. The summed E-state index contributed by atoms with van der Waals surface area (Å²) < 4.78 is 5.07. The summed E-state index contributed by atoms with van der Waals surface area (Å²) in [5.41, 5.74) is 0.492. The van der Waals surface area contributed by atoms with Crippen molar-refractivity contribution in [3.05, 3.63) is 12.2 Å². The van der Waals surface area contributed by atoms with Crippen LogP contribution in [0.25, 0.3) is 0 Å². The van der Waals surface area contributed by atoms with E-state index in [0.29, 0.717) is 12.2 Å². The molecule has 0 radical (unpaired) electrons. The fourth-order valence-electron chi connectivity index (χ4n) is 2.82. The Bertz CT molecular complexity index is 270. The second-order valence-electron chi connectivity index (χ2n) is 5.90. The monoisotopic (exact) mass is 252 g/mol. The molecule has 0 bridgehead atoms. The number of carbonyl (C=O) groups is 1. The van der Waals surface area contributed by atoms with Crippen LogP contribution >= 0.6 is 0 Å². The first-order valence-corrected chi connectivity index (χ1v) is 7.42. The normalized spacial score (nSPS) is 23.7. The van der Waals surface area contributed by atoms with Gasteiger partial charge in [-0.15, -0.1) is 0 Å². The van der Waals surface area contributed by atoms with E-state index in [1.165, 1.54) is 44.9 Å². The van der Waals surface area contributed by atoms with Gasteiger partial charge in [-0.25, -0.2) is 4.79 Å². The van der Waals surface area contributed by atoms with Gasteiger partial charge in [0.15, 0.2) is 0 Å². The van der Waals surface area contributed by atoms with E-state index in [9.17, 15) is 4.79 Å². The van der Waals surface area contributed by atoms with Gasteiger partial charge in [0.2, 0.25) is 0 Å². The molecule has 18 heavy (non-hydrogen) atoms. The van der Waals surface area contributed by atoms with Gasteiger partial charge in [-0.05, 0) is 31.6 Å². The van der Waals surface area contributed by atoms with Crippen molar-refractivity contribution < 1.29 is 9.53 Å². The molecule has 0 aromatic heterocycles. The first-order chi connectivity index (χ1) is 8.59. The third kappa shape index (κ3) is 6.23. The summed E-state index contributed by atoms with van der Waals surface area (Å²) in [5.74, 6) is 1.63. The lowest BCUT2D eigenvalue weighted by molar-refractivity contribution is -0.139. The predicted molar refractivity (Wildman–Crippen MR) is 75.4 cm³/mol. The molecule has 0 saturated heterocycles. The van der Waals surface area contributed by atoms with Gasteiger partial charge < -0.3 is 4.74 Å². The number of carbonyl (C=O) groups excluding carboxylic acids is 1. The van der Waals surface area contributed by atoms with E-state index >= 15 is 0 Å². The van der Waals surface area contributed by atoms with Crippen LogP contribution in [0.2, 0.25) is 0 Å². The summed E-state index contributed by atoms with van der Waals surface area (Å²) in [4.78, 5) is 11.1. The van der Waals surface area contributed by atoms with Gasteiger partial charge in [0, 0.05) is 5.57 Å². The second-order valence-corrected chi connectivity index (χ2v) is 5.90. The number of rotatable bonds is 7. The van der Waals surface area contributed by atoms with Crippen LogP contribution in [-0.2, 0) is 9.53 Å². The molecule has 1 saturated carbocycles. The lowest BCUT2D eigenvalue weighted by Gasteiger charge is -2.26. The molecule has 1 aliphatic carbocycles. The minimum atomic E-state index is -0.254. The van der Waals surface area contributed by atoms with Gasteiger partial charge >= 0.3 is 5.97 Å². The van der Waals surface area contributed by atoms with Crippen LogP contribution in [0.15, 0.2) is 12.2 Å². The molecule has 0 N–H and O–H groups in total. The Balaban J connectivity index is 1.95. The van der Waals surface area contributed by atoms with Crippen molar-refractivity contribution >= 4 is 5.97 Å². The lowest BCUT2D eigenvalue weighted by Crippen LogP contribution is -2.13. The summed E-state index contributed by atoms with van der Waals surface area (Å²) in [6.07, 6.45) is 10.5. The topological polar surface area (TPSA) is 26.3 Å². The number of unbranched alkanes of at least 4 members (excludes halogenated alkanes) is 2. The van der Waals surface area contributed by atoms with Gasteiger partial charge in [-0.2, -0.15) is 0 Å². The molecule has 2 unspecified atom stereocenters. The van der Waals surface area contributed by atoms with Gasteiger partial charge in [0.1, 0.15) is 0 Å². The average molecular weight is 252 g/mol. The molecule has 2 nitrogen and oxygen atoms in total. The Hall–Kier alpha value is -0.790. The van der Waals surface area contributed by atoms with Gasteiger partial charge in [0.05, 0.1) is 6.61 Å². The Morgan fingerprint density at radius 1 is 1.28 bits per heavy atom. The van der Waals surface area contributed by atoms with Crippen molar-refractivity contribution in [3.8, 4) is 0 Å². The quantitative estimate of drug-likeness (QED) is 0.379. The van der Waals surface area contributed by atoms with Crippen molar-refractivity contribution in [1.29, 1.82) is 0 Å². The van der Waals surface area contributed by atoms with Crippen LogP contribution in [-0.4, -0.2) is 12.6 Å². The number of ether oxygens (including phenoxy) is 1. The Morgan fingerprint density at radius 3 is 2.72 bits per heavy atom. The lowest BCUT2D eigenvalue weighted by atomic mass is 9.80. The SMILES string of the molecule is C=C(C)C(=O)OCCCCCC1CCCC(C)C1. The molecule has 1 rings (SSSR count). The van der Waals surface area contributed by atoms with E-state index in [-0.39, 0.29) is 5.97 Å². The second kappa shape index (κ2) is 8.34. The molecular weight excluding hydrogens is 224 g/mol. The predicted octanol–water partition coefficient (Wildman–Crippen LogP) is 4.49. The van der Waals surface area contributed by atoms with Crippen LogP contribution in [0.5, 0.6) is 0 Å². The molecule has 1 fully saturated rings. The van der Waals surface area contributed by atoms with E-state index in [1.54, 1.807) is 6.92 Å². The van der Waals surface area contributed by atoms with Crippen molar-refractivity contribution in [1.82, 2.24) is 0 Å². The van der Waals surface area contributed by atoms with Crippen LogP contribution in [0.1, 0.15) is 65.2 Å². The first-order valence-electron chi connectivity index (χ1n) is 7.42. The van der Waals surface area contributed by atoms with Crippen molar-refractivity contribution in [3.63, 3.8) is 0 Å². The summed E-state index contributed by atoms with van der Waals surface area (Å²) in [5, 5.41) is 0. The van der Waals surface area contributed by atoms with E-state index in [4.69, 9.17) is 4.74 Å². The molecule has 1 aliphatic rings. The standard InChI is InChI=1S/C16H28O2/c1-13(2)16(17)18-11-6-4-5-9-15-10-7-8-14(3)12-15/h14-15H,1,4-12H2,2-3H3. The summed E-state index contributed by atoms with van der Waals surface area (Å²) in [6.45, 7) is 8.18. The molecule has 0 aromatic rings. The average Bonchev–Trinajstić information content (AvgIpc) is 2.33. The van der Waals surface area contributed by atoms with Crippen molar-refractivity contribution in [2.75, 3.05) is 6.61 Å². The number of hydrogen-bond acceptors (Lipinski definition) is 2. The molecule has 0 spiro atoms. The molecule has 104 valence electrons. The van der Waals surface area contributed by atoms with Crippen LogP contribution in [0.3, 0.4) is 0 Å². The summed E-state index contributed by atoms with van der Waals surface area (Å²) in [6, 6.07) is 0. The Morgan fingerprint density at radius 2 is 2.06 bits per heavy atom. The third-order valence-corrected chi connectivity index (χ3v) is 3.88. The van der Waals surface area contributed by atoms with Crippen molar-refractivity contribution in [2.45, 2.75) is 65.2 Å². The maximum absolute atomic E-state index is 11.1. The molecular formula is C16H28O2. The van der Waals surface area contributed by atoms with Crippen LogP contribution < -0.4 is 0 Å². The molecule has 2 atom stereocenters. The number of esters is 1. The van der Waals surface area contributed by atoms with Crippen LogP contribution in [0.4, 0.5) is 0 Å². The maximum atomic E-state index is 11.1. The third-order valence-electron chi connectivity index (χ3n) is 3.88. The van der Waals surface area contributed by atoms with E-state index in [0.717, 1.165) is 18.3 Å². The Labute approximate surface area is 112 Å². The molecule has 0 heterocycles. The summed E-state index contributed by atoms with van der Waals surface area (Å²) in [7, 11) is 0. The highest BCUT2D eigenvalue weighted by atomic mass is 16.5. The zero-order valence-electron chi connectivity index (χ0n) is 12.0. The highest BCUT2D eigenvalue weighted by molar-refractivity contribution is 5.86. The van der Waals surface area contributed by atoms with Crippen molar-refractivity contribution in [2.24, 2.45) is 11.8 Å². The fraction of sp³-hybridized carbons (Fsp3) is 0.812. The maximum Gasteiger partial charge on any atom is 0.333 e. The van der Waals surface area contributed by atoms with Gasteiger partial charge in [-0.3, -0.25) is 0 Å². The minimum Gasteiger partial charge on any atom is -0.462 e. The fourth-order valence-corrected chi connectivity index (χ4v) is 2.82. The molecule has 0 amide bonds. The van der Waals surface area contributed by atoms with E-state index < -0.39 is 0 Å². The smallest absolute Gasteiger partial charge is 0.333 e. The van der Waals surface area contributed by atoms with Crippen LogP contribution in [0, 0.1) is 11.8 Å². The molecule has 0 aliphatic heterocycles. The number of hydrogen-bond donors (Lipinski definition) is 0. The molecule has 2 heteroatoms. The zero-order chi connectivity index (χ0) is 13.4. The highest BCUT2D eigenvalue weighted by Crippen LogP contribution is 2.31. The summed E-state index contributed by atoms with van der Waals surface area (Å²) >= 11 is 0. The van der Waals surface area contributed by atoms with E-state index in [2.05, 4.69) is 13.5 Å². The van der Waals surface area contributed by atoms with E-state index in [1.807, 2.05) is 0 Å². The highest BCUT2D eigenvalue weighted by Gasteiger charge is 2.17.